The number of hydrogen-bond donors (Lipinski definition) is 3. The fourth-order valence-electron chi connectivity index (χ4n) is 1.94. The van der Waals surface area contributed by atoms with Crippen molar-refractivity contribution in [3.05, 3.63) is 0 Å². The minimum atomic E-state index is -0.656. The van der Waals surface area contributed by atoms with E-state index in [0.717, 1.165) is 37.9 Å². The fourth-order valence-corrected chi connectivity index (χ4v) is 2.37. The van der Waals surface area contributed by atoms with Crippen LogP contribution in [0.5, 0.6) is 0 Å². The summed E-state index contributed by atoms with van der Waals surface area (Å²) in [5.41, 5.74) is -0.656. The van der Waals surface area contributed by atoms with Gasteiger partial charge in [-0.2, -0.15) is 11.8 Å². The van der Waals surface area contributed by atoms with E-state index in [1.54, 1.807) is 11.8 Å². The van der Waals surface area contributed by atoms with E-state index < -0.39 is 5.60 Å². The van der Waals surface area contributed by atoms with Crippen LogP contribution in [-0.4, -0.2) is 41.8 Å². The van der Waals surface area contributed by atoms with E-state index in [1.165, 1.54) is 0 Å². The largest absolute Gasteiger partial charge is 0.388 e. The van der Waals surface area contributed by atoms with Crippen molar-refractivity contribution in [1.82, 2.24) is 10.6 Å². The first-order chi connectivity index (χ1) is 7.66. The molecule has 1 aliphatic carbocycles. The first kappa shape index (κ1) is 13.6. The van der Waals surface area contributed by atoms with Crippen molar-refractivity contribution in [3.8, 4) is 0 Å². The SMILES string of the molecule is CSCCCNC(=O)NCC1(O)CCCC1. The maximum atomic E-state index is 11.4. The molecule has 2 amide bonds. The highest BCUT2D eigenvalue weighted by Gasteiger charge is 2.31. The Bertz CT molecular complexity index is 218. The summed E-state index contributed by atoms with van der Waals surface area (Å²) < 4.78 is 0. The molecule has 0 heterocycles. The zero-order valence-corrected chi connectivity index (χ0v) is 10.7. The third-order valence-electron chi connectivity index (χ3n) is 2.92. The highest BCUT2D eigenvalue weighted by atomic mass is 32.2. The number of carbonyl (C=O) groups is 1. The summed E-state index contributed by atoms with van der Waals surface area (Å²) in [7, 11) is 0. The van der Waals surface area contributed by atoms with Crippen LogP contribution in [0, 0.1) is 0 Å². The number of thioether (sulfide) groups is 1. The van der Waals surface area contributed by atoms with Crippen LogP contribution in [0.4, 0.5) is 4.79 Å². The molecule has 1 fully saturated rings. The van der Waals surface area contributed by atoms with Gasteiger partial charge >= 0.3 is 6.03 Å². The van der Waals surface area contributed by atoms with Gasteiger partial charge in [0.1, 0.15) is 0 Å². The summed E-state index contributed by atoms with van der Waals surface area (Å²) in [5, 5.41) is 15.5. The summed E-state index contributed by atoms with van der Waals surface area (Å²) in [6, 6.07) is -0.165. The number of nitrogens with one attached hydrogen (secondary N) is 2. The predicted octanol–water partition coefficient (Wildman–Crippen LogP) is 1.34. The first-order valence-electron chi connectivity index (χ1n) is 5.89. The van der Waals surface area contributed by atoms with Crippen LogP contribution in [0.15, 0.2) is 0 Å². The standard InChI is InChI=1S/C11H22N2O2S/c1-16-8-4-7-12-10(14)13-9-11(15)5-2-3-6-11/h15H,2-9H2,1H3,(H2,12,13,14). The molecule has 0 radical (unpaired) electrons. The van der Waals surface area contributed by atoms with Crippen molar-refractivity contribution in [1.29, 1.82) is 0 Å². The van der Waals surface area contributed by atoms with Gasteiger partial charge in [0.05, 0.1) is 5.60 Å². The molecule has 1 rings (SSSR count). The van der Waals surface area contributed by atoms with E-state index in [-0.39, 0.29) is 6.03 Å². The van der Waals surface area contributed by atoms with Gasteiger partial charge in [0.2, 0.25) is 0 Å². The highest BCUT2D eigenvalue weighted by Crippen LogP contribution is 2.28. The van der Waals surface area contributed by atoms with Crippen LogP contribution in [0.3, 0.4) is 0 Å². The molecule has 5 heteroatoms. The molecule has 0 unspecified atom stereocenters. The third-order valence-corrected chi connectivity index (χ3v) is 3.62. The van der Waals surface area contributed by atoms with Crippen LogP contribution >= 0.6 is 11.8 Å². The second-order valence-corrected chi connectivity index (χ2v) is 5.37. The Morgan fingerprint density at radius 1 is 1.38 bits per heavy atom. The van der Waals surface area contributed by atoms with E-state index in [1.807, 2.05) is 0 Å². The van der Waals surface area contributed by atoms with Crippen LogP contribution in [-0.2, 0) is 0 Å². The van der Waals surface area contributed by atoms with Gasteiger partial charge in [-0.25, -0.2) is 4.79 Å². The second kappa shape index (κ2) is 7.01. The Kier molecular flexibility index (Phi) is 5.98. The van der Waals surface area contributed by atoms with Gasteiger partial charge in [-0.1, -0.05) is 12.8 Å². The average Bonchev–Trinajstić information content (AvgIpc) is 2.70. The van der Waals surface area contributed by atoms with Crippen LogP contribution < -0.4 is 10.6 Å². The van der Waals surface area contributed by atoms with E-state index >= 15 is 0 Å². The fraction of sp³-hybridized carbons (Fsp3) is 0.909. The van der Waals surface area contributed by atoms with Gasteiger partial charge in [0.25, 0.3) is 0 Å². The second-order valence-electron chi connectivity index (χ2n) is 4.39. The van der Waals surface area contributed by atoms with E-state index in [2.05, 4.69) is 16.9 Å². The summed E-state index contributed by atoms with van der Waals surface area (Å²) in [6.45, 7) is 1.08. The summed E-state index contributed by atoms with van der Waals surface area (Å²) in [4.78, 5) is 11.4. The van der Waals surface area contributed by atoms with Crippen molar-refractivity contribution < 1.29 is 9.90 Å². The number of amides is 2. The molecule has 3 N–H and O–H groups in total. The molecule has 94 valence electrons. The Morgan fingerprint density at radius 2 is 2.06 bits per heavy atom. The average molecular weight is 246 g/mol. The lowest BCUT2D eigenvalue weighted by Gasteiger charge is -2.22. The lowest BCUT2D eigenvalue weighted by atomic mass is 10.0. The van der Waals surface area contributed by atoms with E-state index in [0.29, 0.717) is 13.1 Å². The zero-order valence-electron chi connectivity index (χ0n) is 9.92. The van der Waals surface area contributed by atoms with Gasteiger partial charge in [-0.3, -0.25) is 0 Å². The van der Waals surface area contributed by atoms with Crippen molar-refractivity contribution in [2.45, 2.75) is 37.7 Å². The number of rotatable bonds is 6. The minimum absolute atomic E-state index is 0.165. The van der Waals surface area contributed by atoms with Crippen LogP contribution in [0.25, 0.3) is 0 Å². The van der Waals surface area contributed by atoms with Gasteiger partial charge in [-0.15, -0.1) is 0 Å². The summed E-state index contributed by atoms with van der Waals surface area (Å²) in [6.07, 6.45) is 6.77. The molecule has 0 atom stereocenters. The van der Waals surface area contributed by atoms with Crippen molar-refractivity contribution in [2.75, 3.05) is 25.1 Å². The minimum Gasteiger partial charge on any atom is -0.388 e. The molecule has 0 saturated heterocycles. The molecule has 1 aliphatic rings. The molecule has 0 aromatic carbocycles. The quantitative estimate of drug-likeness (QED) is 0.620. The normalized spacial score (nSPS) is 18.4. The van der Waals surface area contributed by atoms with E-state index in [4.69, 9.17) is 0 Å². The maximum Gasteiger partial charge on any atom is 0.314 e. The molecule has 0 aromatic rings. The lowest BCUT2D eigenvalue weighted by molar-refractivity contribution is 0.0501. The van der Waals surface area contributed by atoms with Gasteiger partial charge in [0, 0.05) is 13.1 Å². The van der Waals surface area contributed by atoms with Crippen LogP contribution in [0.2, 0.25) is 0 Å². The number of carbonyl (C=O) groups excluding carboxylic acids is 1. The summed E-state index contributed by atoms with van der Waals surface area (Å²) >= 11 is 1.77. The molecule has 0 aromatic heterocycles. The molecule has 0 bridgehead atoms. The smallest absolute Gasteiger partial charge is 0.314 e. The predicted molar refractivity (Wildman–Crippen MR) is 67.8 cm³/mol. The molecule has 16 heavy (non-hydrogen) atoms. The lowest BCUT2D eigenvalue weighted by Crippen LogP contribution is -2.45. The topological polar surface area (TPSA) is 61.4 Å². The Morgan fingerprint density at radius 3 is 2.69 bits per heavy atom. The van der Waals surface area contributed by atoms with Gasteiger partial charge in [-0.05, 0) is 31.3 Å². The highest BCUT2D eigenvalue weighted by molar-refractivity contribution is 7.98. The molecule has 0 spiro atoms. The van der Waals surface area contributed by atoms with Crippen LogP contribution in [0.1, 0.15) is 32.1 Å². The maximum absolute atomic E-state index is 11.4. The first-order valence-corrected chi connectivity index (χ1v) is 7.29. The molecule has 1 saturated carbocycles. The van der Waals surface area contributed by atoms with Gasteiger partial charge < -0.3 is 15.7 Å². The molecule has 4 nitrogen and oxygen atoms in total. The molecule has 0 aliphatic heterocycles. The molecular weight excluding hydrogens is 224 g/mol. The number of hydrogen-bond acceptors (Lipinski definition) is 3. The van der Waals surface area contributed by atoms with Gasteiger partial charge in [0.15, 0.2) is 0 Å². The summed E-state index contributed by atoms with van der Waals surface area (Å²) in [5.74, 6) is 1.06. The van der Waals surface area contributed by atoms with E-state index in [9.17, 15) is 9.90 Å². The third kappa shape index (κ3) is 5.07. The number of urea groups is 1. The molecular formula is C11H22N2O2S. The zero-order chi connectivity index (χ0) is 11.9. The Labute approximate surface area is 102 Å². The monoisotopic (exact) mass is 246 g/mol. The van der Waals surface area contributed by atoms with Crippen molar-refractivity contribution in [2.24, 2.45) is 0 Å². The van der Waals surface area contributed by atoms with Crippen molar-refractivity contribution in [3.63, 3.8) is 0 Å². The Hall–Kier alpha value is -0.420. The Balaban J connectivity index is 2.05. The number of aliphatic hydroxyl groups is 1. The van der Waals surface area contributed by atoms with Crippen molar-refractivity contribution >= 4 is 17.8 Å².